The molecule has 2 aromatic carbocycles. The number of carbonyl (C=O) groups excluding carboxylic acids is 1. The lowest BCUT2D eigenvalue weighted by Gasteiger charge is -2.26. The lowest BCUT2D eigenvalue weighted by molar-refractivity contribution is -0.124. The molecule has 2 aromatic rings. The summed E-state index contributed by atoms with van der Waals surface area (Å²) in [5.74, 6) is 0.00432. The zero-order chi connectivity index (χ0) is 22.5. The number of methoxy groups -OCH3 is 1. The molecule has 164 valence electrons. The van der Waals surface area contributed by atoms with E-state index in [2.05, 4.69) is 10.0 Å². The Morgan fingerprint density at radius 1 is 1.07 bits per heavy atom. The average Bonchev–Trinajstić information content (AvgIpc) is 2.66. The van der Waals surface area contributed by atoms with Crippen molar-refractivity contribution in [1.29, 1.82) is 0 Å². The number of sulfonamides is 1. The first-order chi connectivity index (χ1) is 13.9. The third-order valence-corrected chi connectivity index (χ3v) is 6.03. The van der Waals surface area contributed by atoms with Gasteiger partial charge in [0.25, 0.3) is 0 Å². The molecule has 0 aromatic heterocycles. The normalized spacial score (nSPS) is 13.2. The van der Waals surface area contributed by atoms with Crippen LogP contribution in [0.25, 0.3) is 0 Å². The standard InChI is InChI=1S/C23H32N2O4S/c1-16(2)18-12-13-20(29-6)21(15-18)30(27,28)25-19(22(26)24-23(3,4)5)14-17-10-8-7-9-11-17/h7-13,15-16,19,25H,14H2,1-6H3,(H,24,26). The van der Waals surface area contributed by atoms with Crippen molar-refractivity contribution in [3.8, 4) is 5.75 Å². The summed E-state index contributed by atoms with van der Waals surface area (Å²) in [6.45, 7) is 9.54. The number of amides is 1. The molecule has 30 heavy (non-hydrogen) atoms. The Kier molecular flexibility index (Phi) is 7.66. The summed E-state index contributed by atoms with van der Waals surface area (Å²) in [5.41, 5.74) is 1.24. The molecule has 1 unspecified atom stereocenters. The second-order valence-electron chi connectivity index (χ2n) is 8.67. The molecule has 6 nitrogen and oxygen atoms in total. The molecule has 7 heteroatoms. The van der Waals surface area contributed by atoms with E-state index >= 15 is 0 Å². The molecule has 0 heterocycles. The van der Waals surface area contributed by atoms with E-state index in [4.69, 9.17) is 4.74 Å². The zero-order valence-corrected chi connectivity index (χ0v) is 19.3. The van der Waals surface area contributed by atoms with Gasteiger partial charge in [-0.15, -0.1) is 0 Å². The second kappa shape index (κ2) is 9.62. The van der Waals surface area contributed by atoms with Crippen LogP contribution in [0.2, 0.25) is 0 Å². The second-order valence-corrected chi connectivity index (χ2v) is 10.4. The van der Waals surface area contributed by atoms with E-state index in [1.54, 1.807) is 12.1 Å². The van der Waals surface area contributed by atoms with Gasteiger partial charge in [-0.25, -0.2) is 8.42 Å². The number of hydrogen-bond donors (Lipinski definition) is 2. The first kappa shape index (κ1) is 23.9. The van der Waals surface area contributed by atoms with Gasteiger partial charge < -0.3 is 10.1 Å². The van der Waals surface area contributed by atoms with Crippen LogP contribution in [0.15, 0.2) is 53.4 Å². The molecule has 1 amide bonds. The largest absolute Gasteiger partial charge is 0.495 e. The van der Waals surface area contributed by atoms with Crippen LogP contribution < -0.4 is 14.8 Å². The van der Waals surface area contributed by atoms with Gasteiger partial charge >= 0.3 is 0 Å². The number of benzene rings is 2. The van der Waals surface area contributed by atoms with Gasteiger partial charge in [-0.1, -0.05) is 50.2 Å². The van der Waals surface area contributed by atoms with Gasteiger partial charge in [0.05, 0.1) is 7.11 Å². The number of rotatable bonds is 8. The van der Waals surface area contributed by atoms with Crippen LogP contribution in [-0.4, -0.2) is 33.0 Å². The van der Waals surface area contributed by atoms with Crippen molar-refractivity contribution >= 4 is 15.9 Å². The van der Waals surface area contributed by atoms with Gasteiger partial charge in [-0.3, -0.25) is 4.79 Å². The van der Waals surface area contributed by atoms with E-state index in [1.807, 2.05) is 71.0 Å². The van der Waals surface area contributed by atoms with Gasteiger partial charge in [0, 0.05) is 5.54 Å². The Morgan fingerprint density at radius 3 is 2.23 bits per heavy atom. The van der Waals surface area contributed by atoms with Crippen molar-refractivity contribution in [3.05, 3.63) is 59.7 Å². The Bertz CT molecular complexity index is 964. The third-order valence-electron chi connectivity index (χ3n) is 4.54. The van der Waals surface area contributed by atoms with Gasteiger partial charge in [-0.05, 0) is 56.4 Å². The Labute approximate surface area is 180 Å². The quantitative estimate of drug-likeness (QED) is 0.667. The van der Waals surface area contributed by atoms with E-state index in [9.17, 15) is 13.2 Å². The third kappa shape index (κ3) is 6.57. The molecule has 1 atom stereocenters. The maximum absolute atomic E-state index is 13.3. The highest BCUT2D eigenvalue weighted by Gasteiger charge is 2.30. The highest BCUT2D eigenvalue weighted by Crippen LogP contribution is 2.28. The number of carbonyl (C=O) groups is 1. The van der Waals surface area contributed by atoms with E-state index < -0.39 is 21.6 Å². The summed E-state index contributed by atoms with van der Waals surface area (Å²) in [6, 6.07) is 13.4. The molecule has 0 saturated heterocycles. The van der Waals surface area contributed by atoms with Gasteiger partial charge in [0.2, 0.25) is 15.9 Å². The minimum atomic E-state index is -4.01. The topological polar surface area (TPSA) is 84.5 Å². The molecule has 0 aliphatic heterocycles. The van der Waals surface area contributed by atoms with Crippen molar-refractivity contribution in [1.82, 2.24) is 10.0 Å². The average molecular weight is 433 g/mol. The zero-order valence-electron chi connectivity index (χ0n) is 18.5. The number of hydrogen-bond acceptors (Lipinski definition) is 4. The van der Waals surface area contributed by atoms with Crippen molar-refractivity contribution in [3.63, 3.8) is 0 Å². The SMILES string of the molecule is COc1ccc(C(C)C)cc1S(=O)(=O)NC(Cc1ccccc1)C(=O)NC(C)(C)C. The smallest absolute Gasteiger partial charge is 0.245 e. The number of ether oxygens (including phenoxy) is 1. The predicted octanol–water partition coefficient (Wildman–Crippen LogP) is 3.62. The van der Waals surface area contributed by atoms with E-state index in [-0.39, 0.29) is 28.9 Å². The van der Waals surface area contributed by atoms with Crippen molar-refractivity contribution in [2.24, 2.45) is 0 Å². The lowest BCUT2D eigenvalue weighted by Crippen LogP contribution is -2.53. The predicted molar refractivity (Wildman–Crippen MR) is 119 cm³/mol. The monoisotopic (exact) mass is 432 g/mol. The Morgan fingerprint density at radius 2 is 1.70 bits per heavy atom. The summed E-state index contributed by atoms with van der Waals surface area (Å²) < 4.78 is 34.5. The fourth-order valence-electron chi connectivity index (χ4n) is 3.01. The van der Waals surface area contributed by atoms with Crippen molar-refractivity contribution in [2.45, 2.75) is 63.4 Å². The highest BCUT2D eigenvalue weighted by molar-refractivity contribution is 7.89. The molecule has 0 spiro atoms. The molecule has 0 saturated carbocycles. The molecule has 0 radical (unpaired) electrons. The van der Waals surface area contributed by atoms with Crippen LogP contribution >= 0.6 is 0 Å². The maximum Gasteiger partial charge on any atom is 0.245 e. The molecule has 0 aliphatic carbocycles. The van der Waals surface area contributed by atoms with Gasteiger partial charge in [0.1, 0.15) is 16.7 Å². The van der Waals surface area contributed by atoms with Crippen LogP contribution in [0.4, 0.5) is 0 Å². The molecule has 2 N–H and O–H groups in total. The lowest BCUT2D eigenvalue weighted by atomic mass is 10.0. The Hall–Kier alpha value is -2.38. The fraction of sp³-hybridized carbons (Fsp3) is 0.435. The van der Waals surface area contributed by atoms with E-state index in [1.165, 1.54) is 7.11 Å². The van der Waals surface area contributed by atoms with Crippen LogP contribution in [-0.2, 0) is 21.2 Å². The summed E-state index contributed by atoms with van der Waals surface area (Å²) in [6.07, 6.45) is 0.230. The highest BCUT2D eigenvalue weighted by atomic mass is 32.2. The molecule has 0 aliphatic rings. The minimum absolute atomic E-state index is 0.0258. The van der Waals surface area contributed by atoms with Gasteiger partial charge in [-0.2, -0.15) is 4.72 Å². The molecular weight excluding hydrogens is 400 g/mol. The summed E-state index contributed by atoms with van der Waals surface area (Å²) in [4.78, 5) is 13.0. The summed E-state index contributed by atoms with van der Waals surface area (Å²) in [7, 11) is -2.59. The van der Waals surface area contributed by atoms with Gasteiger partial charge in [0.15, 0.2) is 0 Å². The van der Waals surface area contributed by atoms with Crippen LogP contribution in [0, 0.1) is 0 Å². The molecule has 0 bridgehead atoms. The van der Waals surface area contributed by atoms with Crippen LogP contribution in [0.3, 0.4) is 0 Å². The van der Waals surface area contributed by atoms with Crippen molar-refractivity contribution < 1.29 is 17.9 Å². The van der Waals surface area contributed by atoms with E-state index in [0.29, 0.717) is 0 Å². The molecular formula is C23H32N2O4S. The van der Waals surface area contributed by atoms with E-state index in [0.717, 1.165) is 11.1 Å². The first-order valence-corrected chi connectivity index (χ1v) is 11.5. The minimum Gasteiger partial charge on any atom is -0.495 e. The van der Waals surface area contributed by atoms with Crippen molar-refractivity contribution in [2.75, 3.05) is 7.11 Å². The molecule has 2 rings (SSSR count). The fourth-order valence-corrected chi connectivity index (χ4v) is 4.41. The molecule has 0 fully saturated rings. The summed E-state index contributed by atoms with van der Waals surface area (Å²) >= 11 is 0. The first-order valence-electron chi connectivity index (χ1n) is 9.99. The van der Waals surface area contributed by atoms with Crippen LogP contribution in [0.5, 0.6) is 5.75 Å². The van der Waals surface area contributed by atoms with Crippen LogP contribution in [0.1, 0.15) is 51.7 Å². The summed E-state index contributed by atoms with van der Waals surface area (Å²) in [5, 5.41) is 2.87. The Balaban J connectivity index is 2.42. The number of nitrogens with one attached hydrogen (secondary N) is 2. The maximum atomic E-state index is 13.3.